The van der Waals surface area contributed by atoms with Gasteiger partial charge in [-0.3, -0.25) is 0 Å². The number of anilines is 1. The molecule has 0 amide bonds. The van der Waals surface area contributed by atoms with Crippen LogP contribution in [0, 0.1) is 6.92 Å². The number of rotatable bonds is 2. The first-order valence-electron chi connectivity index (χ1n) is 5.58. The van der Waals surface area contributed by atoms with Crippen molar-refractivity contribution in [1.82, 2.24) is 4.98 Å². The molecule has 1 aromatic rings. The van der Waals surface area contributed by atoms with Crippen LogP contribution >= 0.6 is 0 Å². The second kappa shape index (κ2) is 4.51. The van der Waals surface area contributed by atoms with E-state index in [0.717, 1.165) is 18.9 Å². The number of hydrogen-bond acceptors (Lipinski definition) is 3. The summed E-state index contributed by atoms with van der Waals surface area (Å²) < 4.78 is 5.16. The molecule has 1 fully saturated rings. The molecule has 0 radical (unpaired) electrons. The molecule has 3 nitrogen and oxygen atoms in total. The van der Waals surface area contributed by atoms with E-state index >= 15 is 0 Å². The van der Waals surface area contributed by atoms with Crippen molar-refractivity contribution in [2.45, 2.75) is 26.2 Å². The highest BCUT2D eigenvalue weighted by Gasteiger charge is 2.14. The van der Waals surface area contributed by atoms with E-state index in [2.05, 4.69) is 22.9 Å². The van der Waals surface area contributed by atoms with Crippen LogP contribution in [-0.4, -0.2) is 25.2 Å². The Kier molecular flexibility index (Phi) is 3.09. The highest BCUT2D eigenvalue weighted by atomic mass is 16.5. The van der Waals surface area contributed by atoms with Crippen molar-refractivity contribution < 1.29 is 4.74 Å². The van der Waals surface area contributed by atoms with E-state index in [1.165, 1.54) is 24.8 Å². The summed E-state index contributed by atoms with van der Waals surface area (Å²) >= 11 is 0. The fraction of sp³-hybridized carbons (Fsp3) is 0.583. The molecule has 2 heterocycles. The second-order valence-corrected chi connectivity index (χ2v) is 4.04. The number of ether oxygens (including phenoxy) is 1. The summed E-state index contributed by atoms with van der Waals surface area (Å²) in [5.74, 6) is 1.80. The zero-order valence-corrected chi connectivity index (χ0v) is 9.49. The van der Waals surface area contributed by atoms with E-state index in [-0.39, 0.29) is 0 Å². The molecular formula is C12H18N2O. The van der Waals surface area contributed by atoms with E-state index in [1.54, 1.807) is 7.11 Å². The Hall–Kier alpha value is -1.25. The Balaban J connectivity index is 2.24. The van der Waals surface area contributed by atoms with E-state index in [0.29, 0.717) is 5.88 Å². The molecule has 1 aromatic heterocycles. The third-order valence-electron chi connectivity index (χ3n) is 2.91. The van der Waals surface area contributed by atoms with E-state index in [9.17, 15) is 0 Å². The lowest BCUT2D eigenvalue weighted by Crippen LogP contribution is -2.30. The number of aromatic nitrogens is 1. The molecule has 0 bridgehead atoms. The van der Waals surface area contributed by atoms with Crippen molar-refractivity contribution in [3.8, 4) is 5.88 Å². The van der Waals surface area contributed by atoms with Crippen LogP contribution < -0.4 is 9.64 Å². The first-order valence-corrected chi connectivity index (χ1v) is 5.58. The number of methoxy groups -OCH3 is 1. The van der Waals surface area contributed by atoms with Gasteiger partial charge in [-0.05, 0) is 31.7 Å². The fourth-order valence-electron chi connectivity index (χ4n) is 2.04. The number of pyridine rings is 1. The zero-order chi connectivity index (χ0) is 10.7. The molecule has 2 rings (SSSR count). The largest absolute Gasteiger partial charge is 0.481 e. The van der Waals surface area contributed by atoms with E-state index in [1.807, 2.05) is 6.07 Å². The minimum atomic E-state index is 0.709. The third kappa shape index (κ3) is 2.22. The average Bonchev–Trinajstić information content (AvgIpc) is 2.31. The van der Waals surface area contributed by atoms with Crippen LogP contribution in [0.3, 0.4) is 0 Å². The first kappa shape index (κ1) is 10.3. The summed E-state index contributed by atoms with van der Waals surface area (Å²) in [6, 6.07) is 4.00. The molecule has 0 unspecified atom stereocenters. The van der Waals surface area contributed by atoms with Crippen LogP contribution in [0.2, 0.25) is 0 Å². The normalized spacial score (nSPS) is 16.5. The summed E-state index contributed by atoms with van der Waals surface area (Å²) in [6.45, 7) is 4.36. The first-order chi connectivity index (χ1) is 7.31. The van der Waals surface area contributed by atoms with Crippen LogP contribution in [0.15, 0.2) is 12.1 Å². The Morgan fingerprint density at radius 1 is 1.20 bits per heavy atom. The van der Waals surface area contributed by atoms with Gasteiger partial charge in [-0.1, -0.05) is 6.07 Å². The smallest absolute Gasteiger partial charge is 0.214 e. The molecule has 15 heavy (non-hydrogen) atoms. The zero-order valence-electron chi connectivity index (χ0n) is 9.49. The summed E-state index contributed by atoms with van der Waals surface area (Å²) in [5, 5.41) is 0. The maximum absolute atomic E-state index is 5.16. The van der Waals surface area contributed by atoms with Gasteiger partial charge in [0.2, 0.25) is 5.88 Å². The van der Waals surface area contributed by atoms with E-state index < -0.39 is 0 Å². The molecule has 0 aromatic carbocycles. The van der Waals surface area contributed by atoms with Crippen LogP contribution in [0.5, 0.6) is 5.88 Å². The van der Waals surface area contributed by atoms with Gasteiger partial charge in [0, 0.05) is 19.2 Å². The predicted octanol–water partition coefficient (Wildman–Crippen LogP) is 2.39. The van der Waals surface area contributed by atoms with Crippen LogP contribution in [-0.2, 0) is 0 Å². The molecule has 0 N–H and O–H groups in total. The monoisotopic (exact) mass is 206 g/mol. The number of aryl methyl sites for hydroxylation is 1. The lowest BCUT2D eigenvalue weighted by atomic mass is 10.1. The maximum Gasteiger partial charge on any atom is 0.214 e. The van der Waals surface area contributed by atoms with Gasteiger partial charge in [0.15, 0.2) is 0 Å². The molecule has 1 aliphatic heterocycles. The van der Waals surface area contributed by atoms with Crippen molar-refractivity contribution in [2.75, 3.05) is 25.1 Å². The predicted molar refractivity (Wildman–Crippen MR) is 61.6 cm³/mol. The van der Waals surface area contributed by atoms with Crippen LogP contribution in [0.25, 0.3) is 0 Å². The topological polar surface area (TPSA) is 25.4 Å². The Morgan fingerprint density at radius 2 is 1.93 bits per heavy atom. The van der Waals surface area contributed by atoms with Gasteiger partial charge < -0.3 is 9.64 Å². The highest BCUT2D eigenvalue weighted by molar-refractivity contribution is 5.48. The molecule has 0 saturated carbocycles. The van der Waals surface area contributed by atoms with Crippen molar-refractivity contribution in [1.29, 1.82) is 0 Å². The minimum absolute atomic E-state index is 0.709. The Morgan fingerprint density at radius 3 is 2.60 bits per heavy atom. The molecule has 1 aliphatic rings. The quantitative estimate of drug-likeness (QED) is 0.743. The maximum atomic E-state index is 5.16. The van der Waals surface area contributed by atoms with Gasteiger partial charge in [-0.2, -0.15) is 4.98 Å². The minimum Gasteiger partial charge on any atom is -0.481 e. The fourth-order valence-corrected chi connectivity index (χ4v) is 2.04. The molecule has 82 valence electrons. The number of hydrogen-bond donors (Lipinski definition) is 0. The van der Waals surface area contributed by atoms with Crippen molar-refractivity contribution in [3.63, 3.8) is 0 Å². The second-order valence-electron chi connectivity index (χ2n) is 4.04. The molecular weight excluding hydrogens is 188 g/mol. The Bertz CT molecular complexity index is 332. The van der Waals surface area contributed by atoms with Gasteiger partial charge in [0.1, 0.15) is 5.82 Å². The lowest BCUT2D eigenvalue weighted by molar-refractivity contribution is 0.397. The number of nitrogens with zero attached hydrogens (tertiary/aromatic N) is 2. The average molecular weight is 206 g/mol. The summed E-state index contributed by atoms with van der Waals surface area (Å²) in [6.07, 6.45) is 3.90. The molecule has 3 heteroatoms. The van der Waals surface area contributed by atoms with Crippen LogP contribution in [0.1, 0.15) is 24.8 Å². The standard InChI is InChI=1S/C12H18N2O/c1-10-6-7-11(15-2)13-12(10)14-8-4-3-5-9-14/h6-7H,3-5,8-9H2,1-2H3. The Labute approximate surface area is 91.1 Å². The molecule has 0 atom stereocenters. The van der Waals surface area contributed by atoms with Crippen molar-refractivity contribution in [3.05, 3.63) is 17.7 Å². The van der Waals surface area contributed by atoms with Gasteiger partial charge in [0.25, 0.3) is 0 Å². The third-order valence-corrected chi connectivity index (χ3v) is 2.91. The summed E-state index contributed by atoms with van der Waals surface area (Å²) in [5.41, 5.74) is 1.23. The van der Waals surface area contributed by atoms with Gasteiger partial charge in [0.05, 0.1) is 7.11 Å². The molecule has 0 aliphatic carbocycles. The van der Waals surface area contributed by atoms with Crippen molar-refractivity contribution >= 4 is 5.82 Å². The van der Waals surface area contributed by atoms with Gasteiger partial charge in [-0.25, -0.2) is 0 Å². The van der Waals surface area contributed by atoms with E-state index in [4.69, 9.17) is 4.74 Å². The number of piperidine rings is 1. The van der Waals surface area contributed by atoms with Crippen molar-refractivity contribution in [2.24, 2.45) is 0 Å². The highest BCUT2D eigenvalue weighted by Crippen LogP contribution is 2.23. The summed E-state index contributed by atoms with van der Waals surface area (Å²) in [4.78, 5) is 6.88. The van der Waals surface area contributed by atoms with Gasteiger partial charge in [-0.15, -0.1) is 0 Å². The molecule has 1 saturated heterocycles. The summed E-state index contributed by atoms with van der Waals surface area (Å²) in [7, 11) is 1.66. The SMILES string of the molecule is COc1ccc(C)c(N2CCCCC2)n1. The van der Waals surface area contributed by atoms with Gasteiger partial charge >= 0.3 is 0 Å². The lowest BCUT2D eigenvalue weighted by Gasteiger charge is -2.29. The van der Waals surface area contributed by atoms with Crippen LogP contribution in [0.4, 0.5) is 5.82 Å². The molecule has 0 spiro atoms.